The fourth-order valence-corrected chi connectivity index (χ4v) is 2.33. The molecular weight excluding hydrogens is 214 g/mol. The summed E-state index contributed by atoms with van der Waals surface area (Å²) in [6.07, 6.45) is 6.69. The SMILES string of the molecule is c1cnnc(-c2noc(C3CC3)c2C2CC2)c1. The minimum Gasteiger partial charge on any atom is -0.360 e. The highest BCUT2D eigenvalue weighted by molar-refractivity contribution is 5.61. The molecule has 4 heteroatoms. The Hall–Kier alpha value is -1.71. The fraction of sp³-hybridized carbons (Fsp3) is 0.462. The maximum absolute atomic E-state index is 5.56. The van der Waals surface area contributed by atoms with Gasteiger partial charge in [-0.3, -0.25) is 0 Å². The lowest BCUT2D eigenvalue weighted by atomic mass is 10.0. The molecule has 0 radical (unpaired) electrons. The van der Waals surface area contributed by atoms with E-state index in [1.165, 1.54) is 31.2 Å². The van der Waals surface area contributed by atoms with Gasteiger partial charge < -0.3 is 4.52 Å². The highest BCUT2D eigenvalue weighted by Gasteiger charge is 2.39. The Balaban J connectivity index is 1.84. The van der Waals surface area contributed by atoms with E-state index in [-0.39, 0.29) is 0 Å². The molecule has 86 valence electrons. The van der Waals surface area contributed by atoms with Gasteiger partial charge in [-0.15, -0.1) is 5.10 Å². The van der Waals surface area contributed by atoms with Gasteiger partial charge in [-0.2, -0.15) is 5.10 Å². The van der Waals surface area contributed by atoms with Crippen molar-refractivity contribution in [1.82, 2.24) is 15.4 Å². The minimum atomic E-state index is 0.614. The Morgan fingerprint density at radius 1 is 1.12 bits per heavy atom. The second-order valence-electron chi connectivity index (χ2n) is 4.97. The number of hydrogen-bond acceptors (Lipinski definition) is 4. The molecular formula is C13H13N3O. The first-order chi connectivity index (χ1) is 8.43. The molecule has 0 aliphatic heterocycles. The second kappa shape index (κ2) is 3.39. The lowest BCUT2D eigenvalue weighted by Crippen LogP contribution is -1.91. The van der Waals surface area contributed by atoms with Crippen LogP contribution < -0.4 is 0 Å². The summed E-state index contributed by atoms with van der Waals surface area (Å²) in [6, 6.07) is 3.85. The monoisotopic (exact) mass is 227 g/mol. The van der Waals surface area contributed by atoms with Crippen LogP contribution in [0.2, 0.25) is 0 Å². The predicted molar refractivity (Wildman–Crippen MR) is 61.5 cm³/mol. The molecule has 0 spiro atoms. The van der Waals surface area contributed by atoms with Crippen LogP contribution in [0.15, 0.2) is 22.9 Å². The first kappa shape index (κ1) is 9.33. The zero-order valence-electron chi connectivity index (χ0n) is 9.47. The Morgan fingerprint density at radius 3 is 2.59 bits per heavy atom. The largest absolute Gasteiger partial charge is 0.360 e. The Bertz CT molecular complexity index is 541. The van der Waals surface area contributed by atoms with E-state index in [4.69, 9.17) is 4.52 Å². The fourth-order valence-electron chi connectivity index (χ4n) is 2.33. The third-order valence-corrected chi connectivity index (χ3v) is 3.50. The van der Waals surface area contributed by atoms with Crippen LogP contribution >= 0.6 is 0 Å². The number of aromatic nitrogens is 3. The summed E-state index contributed by atoms with van der Waals surface area (Å²) in [5.74, 6) is 2.38. The molecule has 2 saturated carbocycles. The molecule has 0 aromatic carbocycles. The molecule has 2 heterocycles. The van der Waals surface area contributed by atoms with Gasteiger partial charge in [0.1, 0.15) is 17.1 Å². The number of hydrogen-bond donors (Lipinski definition) is 0. The number of nitrogens with zero attached hydrogens (tertiary/aromatic N) is 3. The first-order valence-corrected chi connectivity index (χ1v) is 6.21. The zero-order valence-corrected chi connectivity index (χ0v) is 9.47. The molecule has 2 aromatic rings. The van der Waals surface area contributed by atoms with E-state index < -0.39 is 0 Å². The van der Waals surface area contributed by atoms with Gasteiger partial charge in [-0.1, -0.05) is 5.16 Å². The third-order valence-electron chi connectivity index (χ3n) is 3.50. The van der Waals surface area contributed by atoms with Crippen LogP contribution in [0.4, 0.5) is 0 Å². The maximum Gasteiger partial charge on any atom is 0.143 e. The van der Waals surface area contributed by atoms with Crippen molar-refractivity contribution >= 4 is 0 Å². The zero-order chi connectivity index (χ0) is 11.2. The molecule has 17 heavy (non-hydrogen) atoms. The maximum atomic E-state index is 5.56. The van der Waals surface area contributed by atoms with Gasteiger partial charge in [0.25, 0.3) is 0 Å². The summed E-state index contributed by atoms with van der Waals surface area (Å²) in [5.41, 5.74) is 3.07. The van der Waals surface area contributed by atoms with E-state index in [2.05, 4.69) is 15.4 Å². The summed E-state index contributed by atoms with van der Waals surface area (Å²) in [6.45, 7) is 0. The summed E-state index contributed by atoms with van der Waals surface area (Å²) < 4.78 is 5.56. The van der Waals surface area contributed by atoms with Gasteiger partial charge in [0.2, 0.25) is 0 Å². The molecule has 4 nitrogen and oxygen atoms in total. The Morgan fingerprint density at radius 2 is 1.94 bits per heavy atom. The lowest BCUT2D eigenvalue weighted by molar-refractivity contribution is 0.384. The van der Waals surface area contributed by atoms with Gasteiger partial charge in [0.05, 0.1) is 0 Å². The van der Waals surface area contributed by atoms with Crippen molar-refractivity contribution in [1.29, 1.82) is 0 Å². The van der Waals surface area contributed by atoms with Crippen LogP contribution in [-0.2, 0) is 0 Å². The molecule has 0 unspecified atom stereocenters. The van der Waals surface area contributed by atoms with E-state index in [1.807, 2.05) is 12.1 Å². The van der Waals surface area contributed by atoms with Gasteiger partial charge in [-0.05, 0) is 43.7 Å². The van der Waals surface area contributed by atoms with E-state index in [0.717, 1.165) is 17.1 Å². The molecule has 0 saturated heterocycles. The Kier molecular flexibility index (Phi) is 1.86. The molecule has 2 aliphatic carbocycles. The van der Waals surface area contributed by atoms with E-state index in [9.17, 15) is 0 Å². The molecule has 0 N–H and O–H groups in total. The molecule has 0 bridgehead atoms. The minimum absolute atomic E-state index is 0.614. The molecule has 4 rings (SSSR count). The average Bonchev–Trinajstić information content (AvgIpc) is 3.29. The quantitative estimate of drug-likeness (QED) is 0.809. The molecule has 0 amide bonds. The molecule has 2 aromatic heterocycles. The summed E-state index contributed by atoms with van der Waals surface area (Å²) in [7, 11) is 0. The normalized spacial score (nSPS) is 19.5. The molecule has 2 fully saturated rings. The van der Waals surface area contributed by atoms with Crippen molar-refractivity contribution in [2.45, 2.75) is 37.5 Å². The smallest absolute Gasteiger partial charge is 0.143 e. The number of rotatable bonds is 3. The van der Waals surface area contributed by atoms with E-state index in [1.54, 1.807) is 6.20 Å². The van der Waals surface area contributed by atoms with Crippen molar-refractivity contribution in [3.8, 4) is 11.4 Å². The van der Waals surface area contributed by atoms with Gasteiger partial charge in [-0.25, -0.2) is 0 Å². The van der Waals surface area contributed by atoms with Crippen molar-refractivity contribution in [3.63, 3.8) is 0 Å². The standard InChI is InChI=1S/C13H13N3O/c1-2-10(15-14-7-1)12-11(8-3-4-8)13(17-16-12)9-5-6-9/h1-2,7-9H,3-6H2. The predicted octanol–water partition coefficient (Wildman–Crippen LogP) is 2.89. The summed E-state index contributed by atoms with van der Waals surface area (Å²) in [5, 5.41) is 12.3. The molecule has 2 aliphatic rings. The molecule has 0 atom stereocenters. The third kappa shape index (κ3) is 1.55. The van der Waals surface area contributed by atoms with Crippen LogP contribution in [0.25, 0.3) is 11.4 Å². The van der Waals surface area contributed by atoms with Gasteiger partial charge in [0.15, 0.2) is 0 Å². The Labute approximate surface area is 99.0 Å². The van der Waals surface area contributed by atoms with Crippen LogP contribution in [0.3, 0.4) is 0 Å². The summed E-state index contributed by atoms with van der Waals surface area (Å²) in [4.78, 5) is 0. The van der Waals surface area contributed by atoms with E-state index >= 15 is 0 Å². The topological polar surface area (TPSA) is 51.8 Å². The summed E-state index contributed by atoms with van der Waals surface area (Å²) >= 11 is 0. The second-order valence-corrected chi connectivity index (χ2v) is 4.97. The van der Waals surface area contributed by atoms with Crippen molar-refractivity contribution < 1.29 is 4.52 Å². The lowest BCUT2D eigenvalue weighted by Gasteiger charge is -1.99. The highest BCUT2D eigenvalue weighted by atomic mass is 16.5. The van der Waals surface area contributed by atoms with Crippen molar-refractivity contribution in [3.05, 3.63) is 29.7 Å². The van der Waals surface area contributed by atoms with Gasteiger partial charge in [0, 0.05) is 17.7 Å². The first-order valence-electron chi connectivity index (χ1n) is 6.21. The van der Waals surface area contributed by atoms with E-state index in [0.29, 0.717) is 11.8 Å². The van der Waals surface area contributed by atoms with Crippen molar-refractivity contribution in [2.75, 3.05) is 0 Å². The average molecular weight is 227 g/mol. The van der Waals surface area contributed by atoms with Crippen molar-refractivity contribution in [2.24, 2.45) is 0 Å². The van der Waals surface area contributed by atoms with Crippen LogP contribution in [0, 0.1) is 0 Å². The highest BCUT2D eigenvalue weighted by Crippen LogP contribution is 2.51. The van der Waals surface area contributed by atoms with Crippen LogP contribution in [0.5, 0.6) is 0 Å². The van der Waals surface area contributed by atoms with Crippen LogP contribution in [0.1, 0.15) is 48.8 Å². The van der Waals surface area contributed by atoms with Gasteiger partial charge >= 0.3 is 0 Å². The van der Waals surface area contributed by atoms with Crippen LogP contribution in [-0.4, -0.2) is 15.4 Å².